The number of nitrogens with one attached hydrogen (secondary N) is 1. The van der Waals surface area contributed by atoms with E-state index in [-0.39, 0.29) is 24.3 Å². The van der Waals surface area contributed by atoms with E-state index in [0.717, 1.165) is 18.8 Å². The Morgan fingerprint density at radius 1 is 1.12 bits per heavy atom. The second-order valence-electron chi connectivity index (χ2n) is 5.32. The lowest BCUT2D eigenvalue weighted by atomic mass is 10.1. The molecule has 1 amide bonds. The average Bonchev–Trinajstić information content (AvgIpc) is 2.64. The van der Waals surface area contributed by atoms with E-state index in [0.29, 0.717) is 23.4 Å². The first kappa shape index (κ1) is 21.4. The third-order valence-electron chi connectivity index (χ3n) is 3.78. The maximum atomic E-state index is 12.4. The van der Waals surface area contributed by atoms with E-state index in [1.54, 1.807) is 43.5 Å². The normalized spacial score (nSPS) is 9.81. The molecule has 0 aliphatic heterocycles. The molecular formula is C19H24ClN3O3. The standard InChI is InChI=1S/C19H23N3O3.ClH/c1-4-22(5-2)17-12-14(19(24)25-6-3)9-10-16(17)21-18(23)15-8-7-11-20-13-15;/h7-13H,4-6H2,1-3H3,(H,21,23);1H. The van der Waals surface area contributed by atoms with Gasteiger partial charge >= 0.3 is 5.97 Å². The summed E-state index contributed by atoms with van der Waals surface area (Å²) in [6, 6.07) is 8.55. The summed E-state index contributed by atoms with van der Waals surface area (Å²) in [7, 11) is 0. The first-order valence-corrected chi connectivity index (χ1v) is 8.38. The van der Waals surface area contributed by atoms with Crippen molar-refractivity contribution in [1.82, 2.24) is 4.98 Å². The highest BCUT2D eigenvalue weighted by atomic mass is 35.5. The molecule has 1 heterocycles. The maximum Gasteiger partial charge on any atom is 0.338 e. The number of carbonyl (C=O) groups excluding carboxylic acids is 2. The molecule has 1 aromatic carbocycles. The Bertz CT molecular complexity index is 734. The van der Waals surface area contributed by atoms with Crippen molar-refractivity contribution in [3.63, 3.8) is 0 Å². The van der Waals surface area contributed by atoms with Crippen molar-refractivity contribution in [2.45, 2.75) is 20.8 Å². The molecule has 0 spiro atoms. The van der Waals surface area contributed by atoms with Crippen molar-refractivity contribution in [2.24, 2.45) is 0 Å². The molecule has 2 rings (SSSR count). The average molecular weight is 378 g/mol. The van der Waals surface area contributed by atoms with E-state index >= 15 is 0 Å². The minimum Gasteiger partial charge on any atom is -0.462 e. The van der Waals surface area contributed by atoms with Gasteiger partial charge in [-0.3, -0.25) is 9.78 Å². The first-order valence-electron chi connectivity index (χ1n) is 8.38. The summed E-state index contributed by atoms with van der Waals surface area (Å²) < 4.78 is 5.07. The molecule has 6 nitrogen and oxygen atoms in total. The Kier molecular flexibility index (Phi) is 8.58. The maximum absolute atomic E-state index is 12.4. The zero-order chi connectivity index (χ0) is 18.2. The molecule has 0 atom stereocenters. The van der Waals surface area contributed by atoms with Gasteiger partial charge in [-0.05, 0) is 51.1 Å². The molecule has 0 fully saturated rings. The summed E-state index contributed by atoms with van der Waals surface area (Å²) in [6.45, 7) is 7.63. The lowest BCUT2D eigenvalue weighted by molar-refractivity contribution is 0.0526. The van der Waals surface area contributed by atoms with Crippen LogP contribution in [0.1, 0.15) is 41.5 Å². The van der Waals surface area contributed by atoms with Gasteiger partial charge in [0.05, 0.1) is 29.1 Å². The molecule has 26 heavy (non-hydrogen) atoms. The van der Waals surface area contributed by atoms with Crippen LogP contribution in [0.5, 0.6) is 0 Å². The number of pyridine rings is 1. The van der Waals surface area contributed by atoms with E-state index in [1.807, 2.05) is 13.8 Å². The van der Waals surface area contributed by atoms with Gasteiger partial charge in [0.2, 0.25) is 0 Å². The van der Waals surface area contributed by atoms with Crippen LogP contribution in [0.15, 0.2) is 42.7 Å². The number of carbonyl (C=O) groups is 2. The Labute approximate surface area is 160 Å². The van der Waals surface area contributed by atoms with Crippen LogP contribution in [-0.4, -0.2) is 36.6 Å². The molecule has 7 heteroatoms. The predicted octanol–water partition coefficient (Wildman–Crippen LogP) is 3.78. The number of esters is 1. The Balaban J connectivity index is 0.00000338. The third-order valence-corrected chi connectivity index (χ3v) is 3.78. The molecule has 1 aromatic heterocycles. The van der Waals surface area contributed by atoms with Crippen LogP contribution in [0.4, 0.5) is 11.4 Å². The first-order chi connectivity index (χ1) is 12.1. The summed E-state index contributed by atoms with van der Waals surface area (Å²) in [4.78, 5) is 30.5. The Morgan fingerprint density at radius 2 is 1.85 bits per heavy atom. The molecule has 0 radical (unpaired) electrons. The highest BCUT2D eigenvalue weighted by molar-refractivity contribution is 6.06. The van der Waals surface area contributed by atoms with E-state index in [2.05, 4.69) is 15.2 Å². The second-order valence-corrected chi connectivity index (χ2v) is 5.32. The fourth-order valence-electron chi connectivity index (χ4n) is 2.50. The molecule has 0 saturated heterocycles. The van der Waals surface area contributed by atoms with Crippen molar-refractivity contribution in [2.75, 3.05) is 29.9 Å². The number of halogens is 1. The van der Waals surface area contributed by atoms with Crippen molar-refractivity contribution in [3.05, 3.63) is 53.9 Å². The van der Waals surface area contributed by atoms with Crippen LogP contribution in [-0.2, 0) is 4.74 Å². The number of hydrogen-bond acceptors (Lipinski definition) is 5. The predicted molar refractivity (Wildman–Crippen MR) is 105 cm³/mol. The number of rotatable bonds is 7. The Hall–Kier alpha value is -2.60. The number of hydrogen-bond donors (Lipinski definition) is 1. The number of aromatic nitrogens is 1. The zero-order valence-corrected chi connectivity index (χ0v) is 16.0. The minimum absolute atomic E-state index is 0. The van der Waals surface area contributed by atoms with Gasteiger partial charge in [0.1, 0.15) is 0 Å². The second kappa shape index (κ2) is 10.4. The molecule has 0 unspecified atom stereocenters. The third kappa shape index (κ3) is 5.20. The molecule has 140 valence electrons. The van der Waals surface area contributed by atoms with Gasteiger partial charge in [0.25, 0.3) is 5.91 Å². The number of benzene rings is 1. The van der Waals surface area contributed by atoms with Crippen molar-refractivity contribution in [1.29, 1.82) is 0 Å². The zero-order valence-electron chi connectivity index (χ0n) is 15.2. The highest BCUT2D eigenvalue weighted by Gasteiger charge is 2.16. The topological polar surface area (TPSA) is 71.5 Å². The lowest BCUT2D eigenvalue weighted by Crippen LogP contribution is -2.24. The van der Waals surface area contributed by atoms with Crippen LogP contribution in [0.3, 0.4) is 0 Å². The lowest BCUT2D eigenvalue weighted by Gasteiger charge is -2.25. The van der Waals surface area contributed by atoms with Crippen molar-refractivity contribution >= 4 is 35.7 Å². The molecule has 0 bridgehead atoms. The quantitative estimate of drug-likeness (QED) is 0.743. The molecule has 0 aliphatic rings. The summed E-state index contributed by atoms with van der Waals surface area (Å²) in [6.07, 6.45) is 3.13. The fourth-order valence-corrected chi connectivity index (χ4v) is 2.50. The minimum atomic E-state index is -0.374. The molecule has 2 aromatic rings. The SMILES string of the molecule is CCOC(=O)c1ccc(NC(=O)c2cccnc2)c(N(CC)CC)c1.Cl. The van der Waals surface area contributed by atoms with Gasteiger partial charge in [-0.2, -0.15) is 0 Å². The van der Waals surface area contributed by atoms with E-state index in [4.69, 9.17) is 4.74 Å². The smallest absolute Gasteiger partial charge is 0.338 e. The van der Waals surface area contributed by atoms with Gasteiger partial charge in [0, 0.05) is 25.5 Å². The number of amides is 1. The summed E-state index contributed by atoms with van der Waals surface area (Å²) in [5.74, 6) is -0.619. The number of nitrogens with zero attached hydrogens (tertiary/aromatic N) is 2. The van der Waals surface area contributed by atoms with Crippen LogP contribution >= 0.6 is 12.4 Å². The van der Waals surface area contributed by atoms with Gasteiger partial charge in [-0.25, -0.2) is 4.79 Å². The summed E-state index contributed by atoms with van der Waals surface area (Å²) >= 11 is 0. The fraction of sp³-hybridized carbons (Fsp3) is 0.316. The van der Waals surface area contributed by atoms with Crippen molar-refractivity contribution < 1.29 is 14.3 Å². The van der Waals surface area contributed by atoms with Gasteiger partial charge in [-0.15, -0.1) is 12.4 Å². The highest BCUT2D eigenvalue weighted by Crippen LogP contribution is 2.28. The van der Waals surface area contributed by atoms with Crippen LogP contribution < -0.4 is 10.2 Å². The van der Waals surface area contributed by atoms with Crippen LogP contribution in [0, 0.1) is 0 Å². The van der Waals surface area contributed by atoms with Crippen molar-refractivity contribution in [3.8, 4) is 0 Å². The number of anilines is 2. The molecule has 0 saturated carbocycles. The largest absolute Gasteiger partial charge is 0.462 e. The van der Waals surface area contributed by atoms with Gasteiger partial charge in [0.15, 0.2) is 0 Å². The van der Waals surface area contributed by atoms with Gasteiger partial charge < -0.3 is 15.0 Å². The van der Waals surface area contributed by atoms with Crippen LogP contribution in [0.2, 0.25) is 0 Å². The van der Waals surface area contributed by atoms with E-state index in [1.165, 1.54) is 6.20 Å². The van der Waals surface area contributed by atoms with E-state index < -0.39 is 0 Å². The number of ether oxygens (including phenoxy) is 1. The molecule has 1 N–H and O–H groups in total. The van der Waals surface area contributed by atoms with Gasteiger partial charge in [-0.1, -0.05) is 0 Å². The monoisotopic (exact) mass is 377 g/mol. The Morgan fingerprint density at radius 3 is 2.42 bits per heavy atom. The summed E-state index contributed by atoms with van der Waals surface area (Å²) in [5, 5.41) is 2.90. The molecular weight excluding hydrogens is 354 g/mol. The molecule has 0 aliphatic carbocycles. The van der Waals surface area contributed by atoms with E-state index in [9.17, 15) is 9.59 Å². The van der Waals surface area contributed by atoms with Crippen LogP contribution in [0.25, 0.3) is 0 Å². The summed E-state index contributed by atoms with van der Waals surface area (Å²) in [5.41, 5.74) is 2.36.